The highest BCUT2D eigenvalue weighted by atomic mass is 16.5. The topological polar surface area (TPSA) is 94.8 Å². The molecular formula is C24H38O5. The third-order valence-electron chi connectivity index (χ3n) is 9.75. The lowest BCUT2D eigenvalue weighted by Crippen LogP contribution is -2.60. The van der Waals surface area contributed by atoms with E-state index in [0.29, 0.717) is 12.8 Å². The van der Waals surface area contributed by atoms with Crippen LogP contribution in [0, 0.1) is 46.3 Å². The summed E-state index contributed by atoms with van der Waals surface area (Å²) in [5.41, 5.74) is -1.12. The SMILES string of the molecule is CCC[C@@H](C)[C@H]1C(O)(O)C[C@H]2[C@@H]3C(=O)CC4CCCC[C@]4(C(=O)O)[C@H]3CC[C@@]21C. The summed E-state index contributed by atoms with van der Waals surface area (Å²) in [7, 11) is 0. The van der Waals surface area contributed by atoms with Gasteiger partial charge in [0.25, 0.3) is 0 Å². The van der Waals surface area contributed by atoms with Crippen molar-refractivity contribution in [3.8, 4) is 0 Å². The molecule has 4 fully saturated rings. The Balaban J connectivity index is 1.75. The molecule has 8 atom stereocenters. The number of fused-ring (bicyclic) bond motifs is 5. The zero-order valence-corrected chi connectivity index (χ0v) is 18.2. The van der Waals surface area contributed by atoms with E-state index >= 15 is 0 Å². The third kappa shape index (κ3) is 2.86. The van der Waals surface area contributed by atoms with Crippen molar-refractivity contribution < 1.29 is 24.9 Å². The molecule has 0 bridgehead atoms. The van der Waals surface area contributed by atoms with E-state index in [1.54, 1.807) is 0 Å². The van der Waals surface area contributed by atoms with Crippen molar-refractivity contribution in [1.82, 2.24) is 0 Å². The smallest absolute Gasteiger partial charge is 0.310 e. The van der Waals surface area contributed by atoms with Gasteiger partial charge in [0, 0.05) is 24.7 Å². The van der Waals surface area contributed by atoms with Crippen molar-refractivity contribution in [3.05, 3.63) is 0 Å². The second kappa shape index (κ2) is 7.05. The molecule has 0 aromatic rings. The Hall–Kier alpha value is -0.940. The summed E-state index contributed by atoms with van der Waals surface area (Å²) >= 11 is 0. The van der Waals surface area contributed by atoms with Gasteiger partial charge < -0.3 is 15.3 Å². The molecule has 0 radical (unpaired) electrons. The summed E-state index contributed by atoms with van der Waals surface area (Å²) in [5.74, 6) is -3.07. The number of rotatable bonds is 4. The first-order valence-electron chi connectivity index (χ1n) is 11.8. The molecule has 0 amide bonds. The number of carbonyl (C=O) groups excluding carboxylic acids is 1. The first-order valence-corrected chi connectivity index (χ1v) is 11.8. The number of hydrogen-bond donors (Lipinski definition) is 3. The van der Waals surface area contributed by atoms with Crippen molar-refractivity contribution in [1.29, 1.82) is 0 Å². The van der Waals surface area contributed by atoms with E-state index in [9.17, 15) is 24.9 Å². The Labute approximate surface area is 174 Å². The summed E-state index contributed by atoms with van der Waals surface area (Å²) in [6.45, 7) is 6.36. The predicted molar refractivity (Wildman–Crippen MR) is 109 cm³/mol. The first kappa shape index (κ1) is 21.3. The molecule has 3 N–H and O–H groups in total. The van der Waals surface area contributed by atoms with Gasteiger partial charge in [0.1, 0.15) is 5.78 Å². The summed E-state index contributed by atoms with van der Waals surface area (Å²) < 4.78 is 0. The van der Waals surface area contributed by atoms with Crippen LogP contribution in [0.5, 0.6) is 0 Å². The first-order chi connectivity index (χ1) is 13.6. The molecule has 0 aliphatic heterocycles. The maximum Gasteiger partial charge on any atom is 0.310 e. The number of ketones is 1. The molecule has 164 valence electrons. The molecule has 5 nitrogen and oxygen atoms in total. The number of carboxylic acid groups (broad SMARTS) is 1. The molecule has 4 rings (SSSR count). The van der Waals surface area contributed by atoms with Crippen LogP contribution in [-0.2, 0) is 9.59 Å². The molecular weight excluding hydrogens is 368 g/mol. The van der Waals surface area contributed by atoms with Gasteiger partial charge in [-0.2, -0.15) is 0 Å². The molecule has 5 heteroatoms. The van der Waals surface area contributed by atoms with E-state index in [0.717, 1.165) is 44.9 Å². The van der Waals surface area contributed by atoms with Crippen molar-refractivity contribution in [2.24, 2.45) is 46.3 Å². The molecule has 0 heterocycles. The van der Waals surface area contributed by atoms with E-state index in [-0.39, 0.29) is 53.1 Å². The molecule has 0 aromatic heterocycles. The number of aliphatic hydroxyl groups is 2. The highest BCUT2D eigenvalue weighted by Crippen LogP contribution is 2.69. The van der Waals surface area contributed by atoms with E-state index < -0.39 is 17.2 Å². The van der Waals surface area contributed by atoms with Crippen LogP contribution in [0.15, 0.2) is 0 Å². The molecule has 4 aliphatic carbocycles. The van der Waals surface area contributed by atoms with Crippen LogP contribution in [0.3, 0.4) is 0 Å². The lowest BCUT2D eigenvalue weighted by molar-refractivity contribution is -0.211. The predicted octanol–water partition coefficient (Wildman–Crippen LogP) is 4.01. The van der Waals surface area contributed by atoms with Crippen LogP contribution in [-0.4, -0.2) is 32.9 Å². The number of carbonyl (C=O) groups is 2. The second-order valence-electron chi connectivity index (χ2n) is 11.1. The highest BCUT2D eigenvalue weighted by Gasteiger charge is 2.70. The van der Waals surface area contributed by atoms with Gasteiger partial charge in [0.2, 0.25) is 0 Å². The fourth-order valence-electron chi connectivity index (χ4n) is 8.86. The zero-order chi connectivity index (χ0) is 21.2. The van der Waals surface area contributed by atoms with Crippen molar-refractivity contribution >= 4 is 11.8 Å². The van der Waals surface area contributed by atoms with Crippen LogP contribution in [0.25, 0.3) is 0 Å². The van der Waals surface area contributed by atoms with Gasteiger partial charge in [-0.3, -0.25) is 9.59 Å². The Morgan fingerprint density at radius 3 is 2.55 bits per heavy atom. The Kier molecular flexibility index (Phi) is 5.18. The molecule has 29 heavy (non-hydrogen) atoms. The average molecular weight is 407 g/mol. The quantitative estimate of drug-likeness (QED) is 0.613. The van der Waals surface area contributed by atoms with Crippen molar-refractivity contribution in [2.75, 3.05) is 0 Å². The molecule has 0 aromatic carbocycles. The average Bonchev–Trinajstić information content (AvgIpc) is 2.86. The zero-order valence-electron chi connectivity index (χ0n) is 18.2. The van der Waals surface area contributed by atoms with Crippen LogP contribution in [0.1, 0.15) is 85.0 Å². The maximum atomic E-state index is 13.4. The lowest BCUT2D eigenvalue weighted by atomic mass is 9.43. The molecule has 0 spiro atoms. The van der Waals surface area contributed by atoms with Gasteiger partial charge in [-0.05, 0) is 54.8 Å². The van der Waals surface area contributed by atoms with Crippen LogP contribution in [0.4, 0.5) is 0 Å². The monoisotopic (exact) mass is 406 g/mol. The highest BCUT2D eigenvalue weighted by molar-refractivity contribution is 5.87. The summed E-state index contributed by atoms with van der Waals surface area (Å²) in [5, 5.41) is 32.5. The Morgan fingerprint density at radius 1 is 1.17 bits per heavy atom. The number of Topliss-reactive ketones (excluding diaryl/α,β-unsaturated/α-hetero) is 1. The minimum absolute atomic E-state index is 0.0453. The van der Waals surface area contributed by atoms with E-state index in [4.69, 9.17) is 0 Å². The maximum absolute atomic E-state index is 13.4. The van der Waals surface area contributed by atoms with Gasteiger partial charge in [-0.25, -0.2) is 0 Å². The number of carboxylic acids is 1. The largest absolute Gasteiger partial charge is 0.481 e. The lowest BCUT2D eigenvalue weighted by Gasteiger charge is -2.58. The summed E-state index contributed by atoms with van der Waals surface area (Å²) in [6.07, 6.45) is 7.43. The Bertz CT molecular complexity index is 687. The van der Waals surface area contributed by atoms with Gasteiger partial charge in [-0.1, -0.05) is 46.5 Å². The summed E-state index contributed by atoms with van der Waals surface area (Å²) in [6, 6.07) is 0. The minimum Gasteiger partial charge on any atom is -0.481 e. The van der Waals surface area contributed by atoms with Crippen LogP contribution >= 0.6 is 0 Å². The van der Waals surface area contributed by atoms with Gasteiger partial charge in [-0.15, -0.1) is 0 Å². The standard InChI is InChI=1S/C24H38O5/c1-4-7-14(2)20-22(3)11-9-16-19(17(22)13-24(20,28)29)18(25)12-15-8-5-6-10-23(15,16)21(26)27/h14-17,19-20,28-29H,4-13H2,1-3H3,(H,26,27)/t14-,15?,16+,17+,19-,20-,22+,23-/m1/s1. The normalized spacial score (nSPS) is 47.1. The van der Waals surface area contributed by atoms with E-state index in [1.807, 2.05) is 0 Å². The van der Waals surface area contributed by atoms with Gasteiger partial charge >= 0.3 is 5.97 Å². The second-order valence-corrected chi connectivity index (χ2v) is 11.1. The van der Waals surface area contributed by atoms with Crippen LogP contribution < -0.4 is 0 Å². The number of hydrogen-bond acceptors (Lipinski definition) is 4. The molecule has 0 saturated heterocycles. The van der Waals surface area contributed by atoms with Crippen molar-refractivity contribution in [2.45, 2.75) is 90.8 Å². The fourth-order valence-corrected chi connectivity index (χ4v) is 8.86. The van der Waals surface area contributed by atoms with E-state index in [1.165, 1.54) is 0 Å². The van der Waals surface area contributed by atoms with Crippen molar-refractivity contribution in [3.63, 3.8) is 0 Å². The third-order valence-corrected chi connectivity index (χ3v) is 9.75. The van der Waals surface area contributed by atoms with E-state index in [2.05, 4.69) is 20.8 Å². The number of aliphatic carboxylic acids is 1. The summed E-state index contributed by atoms with van der Waals surface area (Å²) in [4.78, 5) is 26.0. The fraction of sp³-hybridized carbons (Fsp3) is 0.917. The molecule has 4 aliphatic rings. The minimum atomic E-state index is -1.77. The molecule has 4 saturated carbocycles. The van der Waals surface area contributed by atoms with Gasteiger partial charge in [0.15, 0.2) is 5.79 Å². The molecule has 1 unspecified atom stereocenters. The van der Waals surface area contributed by atoms with Gasteiger partial charge in [0.05, 0.1) is 5.41 Å². The van der Waals surface area contributed by atoms with Crippen LogP contribution in [0.2, 0.25) is 0 Å². The Morgan fingerprint density at radius 2 is 1.90 bits per heavy atom.